The molecule has 1 fully saturated rings. The Morgan fingerprint density at radius 2 is 1.81 bits per heavy atom. The van der Waals surface area contributed by atoms with Crippen LogP contribution >= 0.6 is 0 Å². The number of aryl methyl sites for hydroxylation is 1. The maximum Gasteiger partial charge on any atom is 0.410 e. The molecule has 1 aliphatic heterocycles. The van der Waals surface area contributed by atoms with Crippen LogP contribution in [0.25, 0.3) is 0 Å². The van der Waals surface area contributed by atoms with Gasteiger partial charge in [0.1, 0.15) is 0 Å². The van der Waals surface area contributed by atoms with Crippen LogP contribution in [0.3, 0.4) is 0 Å². The zero-order valence-corrected chi connectivity index (χ0v) is 18.7. The summed E-state index contributed by atoms with van der Waals surface area (Å²) < 4.78 is 41.2. The van der Waals surface area contributed by atoms with Crippen molar-refractivity contribution < 1.29 is 26.9 Å². The first-order chi connectivity index (χ1) is 14.9. The van der Waals surface area contributed by atoms with E-state index in [0.29, 0.717) is 26.0 Å². The molecular formula is C23H29NO6S. The van der Waals surface area contributed by atoms with Crippen molar-refractivity contribution in [2.24, 2.45) is 0 Å². The molecule has 0 bridgehead atoms. The van der Waals surface area contributed by atoms with Crippen LogP contribution in [0.2, 0.25) is 0 Å². The van der Waals surface area contributed by atoms with Crippen LogP contribution in [0.5, 0.6) is 0 Å². The number of hydrogen-bond acceptors (Lipinski definition) is 6. The molecule has 3 rings (SSSR count). The van der Waals surface area contributed by atoms with Crippen LogP contribution in [0.15, 0.2) is 59.5 Å². The Kier molecular flexibility index (Phi) is 8.06. The van der Waals surface area contributed by atoms with Crippen molar-refractivity contribution in [3.8, 4) is 0 Å². The summed E-state index contributed by atoms with van der Waals surface area (Å²) in [7, 11) is -3.84. The second kappa shape index (κ2) is 10.7. The van der Waals surface area contributed by atoms with Crippen LogP contribution in [0.4, 0.5) is 4.79 Å². The highest BCUT2D eigenvalue weighted by Crippen LogP contribution is 2.25. The van der Waals surface area contributed by atoms with Gasteiger partial charge in [-0.25, -0.2) is 4.79 Å². The molecule has 0 radical (unpaired) electrons. The topological polar surface area (TPSA) is 82.1 Å². The molecule has 168 valence electrons. The Morgan fingerprint density at radius 3 is 2.48 bits per heavy atom. The number of benzene rings is 2. The van der Waals surface area contributed by atoms with Crippen molar-refractivity contribution in [3.63, 3.8) is 0 Å². The summed E-state index contributed by atoms with van der Waals surface area (Å²) in [5, 5.41) is 0. The number of rotatable bonds is 9. The highest BCUT2D eigenvalue weighted by atomic mass is 32.2. The molecule has 7 nitrogen and oxygen atoms in total. The van der Waals surface area contributed by atoms with E-state index < -0.39 is 16.2 Å². The normalized spacial score (nSPS) is 18.8. The minimum Gasteiger partial charge on any atom is -0.450 e. The number of hydrogen-bond donors (Lipinski definition) is 0. The predicted octanol–water partition coefficient (Wildman–Crippen LogP) is 3.91. The molecule has 31 heavy (non-hydrogen) atoms. The van der Waals surface area contributed by atoms with Gasteiger partial charge < -0.3 is 14.4 Å². The van der Waals surface area contributed by atoms with E-state index in [1.54, 1.807) is 24.0 Å². The third kappa shape index (κ3) is 6.53. The van der Waals surface area contributed by atoms with Crippen molar-refractivity contribution in [3.05, 3.63) is 65.7 Å². The van der Waals surface area contributed by atoms with Crippen LogP contribution < -0.4 is 0 Å². The smallest absolute Gasteiger partial charge is 0.410 e. The van der Waals surface area contributed by atoms with Gasteiger partial charge in [-0.15, -0.1) is 0 Å². The van der Waals surface area contributed by atoms with Gasteiger partial charge in [0, 0.05) is 6.04 Å². The van der Waals surface area contributed by atoms with Crippen LogP contribution in [0, 0.1) is 6.92 Å². The Bertz CT molecular complexity index is 946. The highest BCUT2D eigenvalue weighted by Gasteiger charge is 2.36. The molecule has 0 spiro atoms. The first kappa shape index (κ1) is 23.2. The summed E-state index contributed by atoms with van der Waals surface area (Å²) in [5.74, 6) is 0. The quantitative estimate of drug-likeness (QED) is 0.542. The van der Waals surface area contributed by atoms with Crippen molar-refractivity contribution >= 4 is 16.2 Å². The molecular weight excluding hydrogens is 418 g/mol. The molecule has 1 aliphatic rings. The van der Waals surface area contributed by atoms with Gasteiger partial charge in [-0.2, -0.15) is 8.42 Å². The molecule has 0 aliphatic carbocycles. The van der Waals surface area contributed by atoms with Crippen LogP contribution in [-0.2, 0) is 30.4 Å². The number of amides is 1. The lowest BCUT2D eigenvalue weighted by molar-refractivity contribution is 0.0442. The van der Waals surface area contributed by atoms with Crippen molar-refractivity contribution in [2.45, 2.75) is 50.3 Å². The molecule has 1 amide bonds. The second-order valence-electron chi connectivity index (χ2n) is 7.54. The Morgan fingerprint density at radius 1 is 1.10 bits per heavy atom. The molecule has 2 aromatic rings. The lowest BCUT2D eigenvalue weighted by atomic mass is 10.1. The van der Waals surface area contributed by atoms with E-state index in [9.17, 15) is 13.2 Å². The van der Waals surface area contributed by atoms with E-state index >= 15 is 0 Å². The zero-order chi connectivity index (χ0) is 22.3. The van der Waals surface area contributed by atoms with Gasteiger partial charge in [-0.05, 0) is 44.4 Å². The Hall–Kier alpha value is -2.42. The Labute approximate surface area is 184 Å². The lowest BCUT2D eigenvalue weighted by Gasteiger charge is -2.23. The molecule has 8 heteroatoms. The zero-order valence-electron chi connectivity index (χ0n) is 17.9. The fourth-order valence-corrected chi connectivity index (χ4v) is 4.47. The SMILES string of the molecule is CCOC(=O)N1C[C@H](OCc2ccccc2)C[C@H]1CCOS(=O)(=O)c1ccc(C)cc1. The average Bonchev–Trinajstić information content (AvgIpc) is 3.16. The van der Waals surface area contributed by atoms with E-state index in [2.05, 4.69) is 0 Å². The maximum atomic E-state index is 12.4. The summed E-state index contributed by atoms with van der Waals surface area (Å²) in [4.78, 5) is 14.1. The predicted molar refractivity (Wildman–Crippen MR) is 116 cm³/mol. The van der Waals surface area contributed by atoms with E-state index in [-0.39, 0.29) is 30.3 Å². The summed E-state index contributed by atoms with van der Waals surface area (Å²) >= 11 is 0. The summed E-state index contributed by atoms with van der Waals surface area (Å²) in [5.41, 5.74) is 2.03. The van der Waals surface area contributed by atoms with Gasteiger partial charge in [0.05, 0.1) is 37.4 Å². The fraction of sp³-hybridized carbons (Fsp3) is 0.435. The average molecular weight is 448 g/mol. The third-order valence-electron chi connectivity index (χ3n) is 5.21. The van der Waals surface area contributed by atoms with E-state index in [4.69, 9.17) is 13.7 Å². The van der Waals surface area contributed by atoms with Crippen molar-refractivity contribution in [2.75, 3.05) is 19.8 Å². The summed E-state index contributed by atoms with van der Waals surface area (Å²) in [6.07, 6.45) is 0.400. The highest BCUT2D eigenvalue weighted by molar-refractivity contribution is 7.86. The minimum absolute atomic E-state index is 0.0256. The molecule has 1 heterocycles. The molecule has 1 saturated heterocycles. The van der Waals surface area contributed by atoms with Gasteiger partial charge in [0.25, 0.3) is 10.1 Å². The standard InChI is InChI=1S/C23H29NO6S/c1-3-28-23(25)24-16-21(29-17-19-7-5-4-6-8-19)15-20(24)13-14-30-31(26,27)22-11-9-18(2)10-12-22/h4-12,20-21H,3,13-17H2,1-2H3/t20-,21-/m1/s1. The van der Waals surface area contributed by atoms with E-state index in [0.717, 1.165) is 11.1 Å². The summed E-state index contributed by atoms with van der Waals surface area (Å²) in [6.45, 7) is 4.74. The number of carbonyl (C=O) groups excluding carboxylic acids is 1. The maximum absolute atomic E-state index is 12.4. The molecule has 0 unspecified atom stereocenters. The first-order valence-electron chi connectivity index (χ1n) is 10.4. The van der Waals surface area contributed by atoms with Crippen LogP contribution in [0.1, 0.15) is 30.9 Å². The van der Waals surface area contributed by atoms with E-state index in [1.807, 2.05) is 37.3 Å². The van der Waals surface area contributed by atoms with Crippen molar-refractivity contribution in [1.29, 1.82) is 0 Å². The second-order valence-corrected chi connectivity index (χ2v) is 9.15. The lowest BCUT2D eigenvalue weighted by Crippen LogP contribution is -2.37. The summed E-state index contributed by atoms with van der Waals surface area (Å²) in [6, 6.07) is 16.1. The molecule has 2 atom stereocenters. The Balaban J connectivity index is 1.57. The van der Waals surface area contributed by atoms with Crippen LogP contribution in [-0.4, -0.2) is 51.3 Å². The van der Waals surface area contributed by atoms with Crippen molar-refractivity contribution in [1.82, 2.24) is 4.90 Å². The monoisotopic (exact) mass is 447 g/mol. The molecule has 0 saturated carbocycles. The number of likely N-dealkylation sites (tertiary alicyclic amines) is 1. The third-order valence-corrected chi connectivity index (χ3v) is 6.53. The minimum atomic E-state index is -3.84. The van der Waals surface area contributed by atoms with Gasteiger partial charge in [-0.3, -0.25) is 4.18 Å². The first-order valence-corrected chi connectivity index (χ1v) is 11.8. The molecule has 0 N–H and O–H groups in total. The van der Waals surface area contributed by atoms with Gasteiger partial charge in [0.15, 0.2) is 0 Å². The van der Waals surface area contributed by atoms with Gasteiger partial charge in [-0.1, -0.05) is 48.0 Å². The number of ether oxygens (including phenoxy) is 2. The van der Waals surface area contributed by atoms with Gasteiger partial charge in [0.2, 0.25) is 0 Å². The van der Waals surface area contributed by atoms with Gasteiger partial charge >= 0.3 is 6.09 Å². The fourth-order valence-electron chi connectivity index (χ4n) is 3.55. The van der Waals surface area contributed by atoms with E-state index in [1.165, 1.54) is 12.1 Å². The largest absolute Gasteiger partial charge is 0.450 e. The number of nitrogens with zero attached hydrogens (tertiary/aromatic N) is 1. The molecule has 2 aromatic carbocycles. The number of carbonyl (C=O) groups is 1. The molecule has 0 aromatic heterocycles.